The second-order valence-corrected chi connectivity index (χ2v) is 8.77. The maximum absolute atomic E-state index is 13.2. The van der Waals surface area contributed by atoms with Crippen LogP contribution >= 0.6 is 0 Å². The zero-order valence-electron chi connectivity index (χ0n) is 20.7. The number of ether oxygens (including phenoxy) is 2. The van der Waals surface area contributed by atoms with Gasteiger partial charge >= 0.3 is 0 Å². The summed E-state index contributed by atoms with van der Waals surface area (Å²) < 4.78 is 12.1. The SMILES string of the molecule is COc1ccc(CCn2c(O)c(C(=O)COc3cc(C)ccc3C(C)C)c(C)c(C#N)c2=O)cc1. The number of hydrogen-bond donors (Lipinski definition) is 1. The summed E-state index contributed by atoms with van der Waals surface area (Å²) in [6.45, 7) is 7.27. The topological polar surface area (TPSA) is 102 Å². The molecule has 3 aromatic rings. The summed E-state index contributed by atoms with van der Waals surface area (Å²) in [5.74, 6) is 0.533. The third-order valence-corrected chi connectivity index (χ3v) is 6.01. The molecule has 1 N–H and O–H groups in total. The molecule has 0 saturated carbocycles. The number of methoxy groups -OCH3 is 1. The summed E-state index contributed by atoms with van der Waals surface area (Å²) >= 11 is 0. The van der Waals surface area contributed by atoms with Crippen molar-refractivity contribution in [3.8, 4) is 23.4 Å². The lowest BCUT2D eigenvalue weighted by Gasteiger charge is -2.17. The van der Waals surface area contributed by atoms with Crippen molar-refractivity contribution in [1.82, 2.24) is 4.57 Å². The summed E-state index contributed by atoms with van der Waals surface area (Å²) in [7, 11) is 1.58. The fourth-order valence-electron chi connectivity index (χ4n) is 3.98. The molecule has 182 valence electrons. The first-order chi connectivity index (χ1) is 16.7. The van der Waals surface area contributed by atoms with Crippen LogP contribution in [0.25, 0.3) is 0 Å². The zero-order valence-corrected chi connectivity index (χ0v) is 20.7. The minimum Gasteiger partial charge on any atom is -0.497 e. The normalized spacial score (nSPS) is 10.8. The van der Waals surface area contributed by atoms with Crippen molar-refractivity contribution in [3.63, 3.8) is 0 Å². The summed E-state index contributed by atoms with van der Waals surface area (Å²) in [5.41, 5.74) is 2.15. The number of aromatic hydroxyl groups is 1. The number of nitrogens with zero attached hydrogens (tertiary/aromatic N) is 2. The third-order valence-electron chi connectivity index (χ3n) is 6.01. The van der Waals surface area contributed by atoms with E-state index >= 15 is 0 Å². The summed E-state index contributed by atoms with van der Waals surface area (Å²) in [5, 5.41) is 20.5. The average Bonchev–Trinajstić information content (AvgIpc) is 2.83. The predicted molar refractivity (Wildman–Crippen MR) is 134 cm³/mol. The van der Waals surface area contributed by atoms with Crippen molar-refractivity contribution in [2.24, 2.45) is 0 Å². The van der Waals surface area contributed by atoms with E-state index in [2.05, 4.69) is 0 Å². The highest BCUT2D eigenvalue weighted by molar-refractivity contribution is 6.01. The molecule has 3 rings (SSSR count). The number of nitriles is 1. The second-order valence-electron chi connectivity index (χ2n) is 8.77. The molecule has 1 heterocycles. The Morgan fingerprint density at radius 1 is 1.14 bits per heavy atom. The molecule has 1 aromatic heterocycles. The number of Topliss-reactive ketones (excluding diaryl/α,β-unsaturated/α-hetero) is 1. The quantitative estimate of drug-likeness (QED) is 0.452. The van der Waals surface area contributed by atoms with Gasteiger partial charge in [0.25, 0.3) is 5.56 Å². The lowest BCUT2D eigenvalue weighted by atomic mass is 10.00. The van der Waals surface area contributed by atoms with Crippen molar-refractivity contribution >= 4 is 5.78 Å². The molecule has 0 amide bonds. The molecule has 0 radical (unpaired) electrons. The van der Waals surface area contributed by atoms with Gasteiger partial charge in [-0.05, 0) is 66.6 Å². The number of aromatic nitrogens is 1. The number of aryl methyl sites for hydroxylation is 2. The zero-order chi connectivity index (χ0) is 25.7. The van der Waals surface area contributed by atoms with Gasteiger partial charge in [-0.15, -0.1) is 0 Å². The van der Waals surface area contributed by atoms with Gasteiger partial charge in [-0.2, -0.15) is 5.26 Å². The van der Waals surface area contributed by atoms with Crippen molar-refractivity contribution in [2.45, 2.75) is 46.6 Å². The van der Waals surface area contributed by atoms with E-state index in [1.165, 1.54) is 6.92 Å². The van der Waals surface area contributed by atoms with Crippen LogP contribution in [0.5, 0.6) is 17.4 Å². The highest BCUT2D eigenvalue weighted by Gasteiger charge is 2.24. The fourth-order valence-corrected chi connectivity index (χ4v) is 3.98. The number of benzene rings is 2. The van der Waals surface area contributed by atoms with E-state index in [0.717, 1.165) is 21.3 Å². The number of pyridine rings is 1. The average molecular weight is 475 g/mol. The minimum atomic E-state index is -0.630. The van der Waals surface area contributed by atoms with Crippen LogP contribution in [-0.4, -0.2) is 29.2 Å². The molecule has 0 saturated heterocycles. The summed E-state index contributed by atoms with van der Waals surface area (Å²) in [6.07, 6.45) is 0.413. The Morgan fingerprint density at radius 3 is 2.43 bits per heavy atom. The Kier molecular flexibility index (Phi) is 7.98. The molecule has 0 spiro atoms. The van der Waals surface area contributed by atoms with Gasteiger partial charge in [0.05, 0.1) is 12.7 Å². The van der Waals surface area contributed by atoms with E-state index in [1.807, 2.05) is 57.2 Å². The second kappa shape index (κ2) is 10.9. The first-order valence-electron chi connectivity index (χ1n) is 11.4. The molecule has 0 aliphatic carbocycles. The van der Waals surface area contributed by atoms with Crippen molar-refractivity contribution in [2.75, 3.05) is 13.7 Å². The van der Waals surface area contributed by atoms with Crippen LogP contribution in [0.15, 0.2) is 47.3 Å². The molecule has 0 bridgehead atoms. The minimum absolute atomic E-state index is 0.0744. The number of rotatable bonds is 9. The lowest BCUT2D eigenvalue weighted by Crippen LogP contribution is -2.28. The largest absolute Gasteiger partial charge is 0.497 e. The van der Waals surface area contributed by atoms with Gasteiger partial charge < -0.3 is 14.6 Å². The van der Waals surface area contributed by atoms with Gasteiger partial charge in [-0.1, -0.05) is 38.1 Å². The molecule has 7 nitrogen and oxygen atoms in total. The number of carbonyl (C=O) groups excluding carboxylic acids is 1. The van der Waals surface area contributed by atoms with Crippen LogP contribution in [-0.2, 0) is 13.0 Å². The smallest absolute Gasteiger partial charge is 0.271 e. The van der Waals surface area contributed by atoms with Gasteiger partial charge in [0, 0.05) is 6.54 Å². The van der Waals surface area contributed by atoms with Crippen molar-refractivity contribution in [1.29, 1.82) is 5.26 Å². The van der Waals surface area contributed by atoms with Crippen LogP contribution in [0.4, 0.5) is 0 Å². The van der Waals surface area contributed by atoms with E-state index in [9.17, 15) is 20.0 Å². The third kappa shape index (κ3) is 5.55. The summed E-state index contributed by atoms with van der Waals surface area (Å²) in [4.78, 5) is 26.1. The molecule has 2 aromatic carbocycles. The van der Waals surface area contributed by atoms with E-state index < -0.39 is 17.2 Å². The Morgan fingerprint density at radius 2 is 1.83 bits per heavy atom. The van der Waals surface area contributed by atoms with Gasteiger partial charge in [0.2, 0.25) is 11.7 Å². The van der Waals surface area contributed by atoms with Crippen LogP contribution < -0.4 is 15.0 Å². The monoisotopic (exact) mass is 474 g/mol. The van der Waals surface area contributed by atoms with Crippen LogP contribution in [0, 0.1) is 25.2 Å². The van der Waals surface area contributed by atoms with Gasteiger partial charge in [-0.25, -0.2) is 0 Å². The van der Waals surface area contributed by atoms with Crippen LogP contribution in [0.1, 0.15) is 57.9 Å². The molecular weight excluding hydrogens is 444 g/mol. The maximum atomic E-state index is 13.2. The standard InChI is InChI=1S/C28H30N2O5/c1-17(2)22-11-6-18(3)14-25(22)35-16-24(31)26-19(4)23(15-29)27(32)30(28(26)33)13-12-20-7-9-21(34-5)10-8-20/h6-11,14,17,33H,12-13,16H2,1-5H3. The maximum Gasteiger partial charge on any atom is 0.271 e. The molecule has 0 atom stereocenters. The first-order valence-corrected chi connectivity index (χ1v) is 11.4. The highest BCUT2D eigenvalue weighted by Crippen LogP contribution is 2.29. The Balaban J connectivity index is 1.91. The number of hydrogen-bond acceptors (Lipinski definition) is 6. The molecular formula is C28H30N2O5. The molecule has 7 heteroatoms. The van der Waals surface area contributed by atoms with E-state index in [-0.39, 0.29) is 35.8 Å². The Bertz CT molecular complexity index is 1330. The van der Waals surface area contributed by atoms with Gasteiger partial charge in [0.15, 0.2) is 6.61 Å². The number of carbonyl (C=O) groups is 1. The number of ketones is 1. The van der Waals surface area contributed by atoms with Crippen LogP contribution in [0.3, 0.4) is 0 Å². The summed E-state index contributed by atoms with van der Waals surface area (Å²) in [6, 6.07) is 15.0. The highest BCUT2D eigenvalue weighted by atomic mass is 16.5. The predicted octanol–water partition coefficient (Wildman–Crippen LogP) is 4.68. The Hall–Kier alpha value is -4.05. The molecule has 35 heavy (non-hydrogen) atoms. The van der Waals surface area contributed by atoms with E-state index in [0.29, 0.717) is 17.9 Å². The van der Waals surface area contributed by atoms with E-state index in [1.54, 1.807) is 19.2 Å². The van der Waals surface area contributed by atoms with Gasteiger partial charge in [0.1, 0.15) is 23.1 Å². The first kappa shape index (κ1) is 25.6. The fraction of sp³-hybridized carbons (Fsp3) is 0.321. The van der Waals surface area contributed by atoms with Crippen LogP contribution in [0.2, 0.25) is 0 Å². The molecule has 0 fully saturated rings. The Labute approximate surface area is 205 Å². The van der Waals surface area contributed by atoms with Crippen molar-refractivity contribution in [3.05, 3.63) is 86.2 Å². The molecule has 0 unspecified atom stereocenters. The van der Waals surface area contributed by atoms with E-state index in [4.69, 9.17) is 9.47 Å². The van der Waals surface area contributed by atoms with Crippen molar-refractivity contribution < 1.29 is 19.4 Å². The lowest BCUT2D eigenvalue weighted by molar-refractivity contribution is 0.0915. The molecule has 0 aliphatic heterocycles. The molecule has 0 aliphatic rings. The van der Waals surface area contributed by atoms with Gasteiger partial charge in [-0.3, -0.25) is 14.2 Å².